The molecule has 0 bridgehead atoms. The van der Waals surface area contributed by atoms with E-state index in [-0.39, 0.29) is 37.3 Å². The molecule has 3 fully saturated rings. The van der Waals surface area contributed by atoms with Crippen molar-refractivity contribution in [2.45, 2.75) is 55.9 Å². The number of carbonyl (C=O) groups is 1. The number of hydrogen-bond donors (Lipinski definition) is 4. The van der Waals surface area contributed by atoms with E-state index < -0.39 is 74.6 Å². The Morgan fingerprint density at radius 3 is 2.22 bits per heavy atom. The molecule has 7 rings (SSSR count). The fourth-order valence-electron chi connectivity index (χ4n) is 6.93. The molecule has 2 aromatic rings. The Morgan fingerprint density at radius 1 is 0.891 bits per heavy atom. The van der Waals surface area contributed by atoms with Crippen molar-refractivity contribution in [1.29, 1.82) is 0 Å². The summed E-state index contributed by atoms with van der Waals surface area (Å²) in [6.45, 7) is 1.72. The van der Waals surface area contributed by atoms with Gasteiger partial charge in [0.1, 0.15) is 24.4 Å². The first-order valence-electron chi connectivity index (χ1n) is 14.5. The number of carbonyl (C=O) groups excluding carboxylic acids is 1. The Bertz CT molecular complexity index is 1530. The van der Waals surface area contributed by atoms with E-state index in [1.807, 2.05) is 0 Å². The minimum absolute atomic E-state index is 0.0303. The van der Waals surface area contributed by atoms with Gasteiger partial charge in [-0.25, -0.2) is 4.57 Å². The maximum Gasteiger partial charge on any atom is 0.525 e. The highest BCUT2D eigenvalue weighted by molar-refractivity contribution is 7.46. The molecule has 0 saturated carbocycles. The van der Waals surface area contributed by atoms with Gasteiger partial charge in [-0.15, -0.1) is 0 Å². The third-order valence-electron chi connectivity index (χ3n) is 8.94. The Morgan fingerprint density at radius 2 is 1.57 bits per heavy atom. The topological polar surface area (TPSA) is 207 Å². The lowest BCUT2D eigenvalue weighted by molar-refractivity contribution is -0.364. The molecule has 16 nitrogen and oxygen atoms in total. The summed E-state index contributed by atoms with van der Waals surface area (Å²) < 4.78 is 68.1. The van der Waals surface area contributed by atoms with Gasteiger partial charge in [0.15, 0.2) is 35.6 Å². The Hall–Kier alpha value is -3.18. The maximum absolute atomic E-state index is 13.5. The van der Waals surface area contributed by atoms with E-state index in [0.29, 0.717) is 28.2 Å². The van der Waals surface area contributed by atoms with Crippen molar-refractivity contribution in [2.24, 2.45) is 11.8 Å². The van der Waals surface area contributed by atoms with Crippen LogP contribution in [0.1, 0.15) is 35.6 Å². The average molecular weight is 669 g/mol. The number of fused-ring (bicyclic) bond motifs is 4. The van der Waals surface area contributed by atoms with Crippen molar-refractivity contribution in [1.82, 2.24) is 0 Å². The van der Waals surface area contributed by atoms with Gasteiger partial charge in [-0.1, -0.05) is 0 Å². The predicted molar refractivity (Wildman–Crippen MR) is 149 cm³/mol. The van der Waals surface area contributed by atoms with Crippen LogP contribution in [0.2, 0.25) is 0 Å². The van der Waals surface area contributed by atoms with Crippen molar-refractivity contribution in [3.63, 3.8) is 0 Å². The highest BCUT2D eigenvalue weighted by atomic mass is 31.2. The second-order valence-corrected chi connectivity index (χ2v) is 12.7. The first kappa shape index (κ1) is 31.4. The molecule has 1 aliphatic carbocycles. The van der Waals surface area contributed by atoms with Crippen molar-refractivity contribution >= 4 is 13.8 Å². The fraction of sp³-hybridized carbons (Fsp3) is 0.552. The molecule has 46 heavy (non-hydrogen) atoms. The normalized spacial score (nSPS) is 34.6. The van der Waals surface area contributed by atoms with Crippen LogP contribution in [0.4, 0.5) is 0 Å². The number of benzene rings is 2. The maximum atomic E-state index is 13.5. The average Bonchev–Trinajstić information content (AvgIpc) is 3.64. The molecule has 250 valence electrons. The summed E-state index contributed by atoms with van der Waals surface area (Å²) in [4.78, 5) is 32.5. The molecular formula is C29H33O16P. The molecule has 0 spiro atoms. The fourth-order valence-corrected chi connectivity index (χ4v) is 7.35. The molecule has 3 saturated heterocycles. The van der Waals surface area contributed by atoms with Gasteiger partial charge in [0.05, 0.1) is 39.5 Å². The summed E-state index contributed by atoms with van der Waals surface area (Å²) in [6, 6.07) is 6.47. The Kier molecular flexibility index (Phi) is 8.07. The predicted octanol–water partition coefficient (Wildman–Crippen LogP) is 1.10. The summed E-state index contributed by atoms with van der Waals surface area (Å²) in [7, 11) is -2.40. The smallest absolute Gasteiger partial charge is 0.493 e. The van der Waals surface area contributed by atoms with Crippen molar-refractivity contribution in [3.8, 4) is 28.7 Å². The van der Waals surface area contributed by atoms with E-state index in [9.17, 15) is 29.4 Å². The SMILES string of the molecule is COc1cc([C@@H]2c3cc4c(cc3[C@@H](O[C@@H]3O[C@@H]5CO[C@H](C)O[C@@H]5[C@H](O)[C@H]3O)[C@H]3COC(=O)[C@H]23)OCO4)cc(OC)c1OP(=O)(O)O. The van der Waals surface area contributed by atoms with Gasteiger partial charge in [-0.05, 0) is 47.9 Å². The highest BCUT2D eigenvalue weighted by Crippen LogP contribution is 2.57. The zero-order valence-corrected chi connectivity index (χ0v) is 25.7. The van der Waals surface area contributed by atoms with Gasteiger partial charge >= 0.3 is 13.8 Å². The third-order valence-corrected chi connectivity index (χ3v) is 9.36. The molecule has 17 heteroatoms. The summed E-state index contributed by atoms with van der Waals surface area (Å²) in [5, 5.41) is 22.0. The van der Waals surface area contributed by atoms with Crippen LogP contribution in [-0.4, -0.2) is 97.2 Å². The molecule has 0 aromatic heterocycles. The summed E-state index contributed by atoms with van der Waals surface area (Å²) >= 11 is 0. The summed E-state index contributed by atoms with van der Waals surface area (Å²) in [6.07, 6.45) is -7.18. The molecule has 2 aromatic carbocycles. The molecule has 4 heterocycles. The zero-order valence-electron chi connectivity index (χ0n) is 24.8. The highest BCUT2D eigenvalue weighted by Gasteiger charge is 2.56. The van der Waals surface area contributed by atoms with Crippen LogP contribution in [0.3, 0.4) is 0 Å². The van der Waals surface area contributed by atoms with E-state index in [1.54, 1.807) is 19.1 Å². The van der Waals surface area contributed by atoms with Crippen molar-refractivity contribution in [2.75, 3.05) is 34.2 Å². The second-order valence-electron chi connectivity index (χ2n) is 11.6. The number of rotatable bonds is 7. The van der Waals surface area contributed by atoms with Crippen molar-refractivity contribution < 1.29 is 76.5 Å². The number of ether oxygens (including phenoxy) is 9. The lowest BCUT2D eigenvalue weighted by atomic mass is 9.66. The number of hydrogen-bond acceptors (Lipinski definition) is 14. The summed E-state index contributed by atoms with van der Waals surface area (Å²) in [5.74, 6) is -2.25. The van der Waals surface area contributed by atoms with Crippen LogP contribution < -0.4 is 23.5 Å². The minimum Gasteiger partial charge on any atom is -0.493 e. The van der Waals surface area contributed by atoms with Crippen LogP contribution in [-0.2, 0) is 33.0 Å². The Balaban J connectivity index is 1.32. The van der Waals surface area contributed by atoms with E-state index in [4.69, 9.17) is 47.2 Å². The molecule has 10 atom stereocenters. The monoisotopic (exact) mass is 668 g/mol. The van der Waals surface area contributed by atoms with Crippen LogP contribution in [0.5, 0.6) is 28.7 Å². The van der Waals surface area contributed by atoms with Gasteiger partial charge in [0.2, 0.25) is 12.5 Å². The number of aliphatic hydroxyl groups excluding tert-OH is 2. The number of aliphatic hydroxyl groups is 2. The standard InChI is InChI=1S/C29H33O16P/c1-11-38-9-20-27(42-11)23(30)24(31)29(43-20)44-25-14-7-17-16(40-10-41-17)6-13(14)21(22-15(25)8-39-28(22)32)12-4-18(36-2)26(19(5-12)37-3)45-46(33,34)35/h4-7,11,15,20-25,27,29-31H,8-10H2,1-3H3,(H2,33,34,35)/t11-,15-,20+,21+,22-,23+,24+,25+,27-,29-/m0/s1. The number of phosphoric ester groups is 1. The largest absolute Gasteiger partial charge is 0.525 e. The van der Waals surface area contributed by atoms with Crippen LogP contribution in [0, 0.1) is 11.8 Å². The van der Waals surface area contributed by atoms with E-state index >= 15 is 0 Å². The minimum atomic E-state index is -5.00. The van der Waals surface area contributed by atoms with Gasteiger partial charge in [-0.2, -0.15) is 0 Å². The lowest BCUT2D eigenvalue weighted by Gasteiger charge is -2.47. The molecule has 4 N–H and O–H groups in total. The van der Waals surface area contributed by atoms with Crippen LogP contribution in [0.25, 0.3) is 0 Å². The van der Waals surface area contributed by atoms with E-state index in [0.717, 1.165) is 0 Å². The lowest BCUT2D eigenvalue weighted by Crippen LogP contribution is -2.63. The van der Waals surface area contributed by atoms with Gasteiger partial charge in [-0.3, -0.25) is 14.6 Å². The van der Waals surface area contributed by atoms with E-state index in [2.05, 4.69) is 0 Å². The molecule has 0 amide bonds. The molecule has 5 aliphatic rings. The van der Waals surface area contributed by atoms with Crippen molar-refractivity contribution in [3.05, 3.63) is 41.0 Å². The van der Waals surface area contributed by atoms with Crippen LogP contribution >= 0.6 is 7.82 Å². The molecule has 0 radical (unpaired) electrons. The molecule has 4 aliphatic heterocycles. The van der Waals surface area contributed by atoms with Gasteiger partial charge in [0, 0.05) is 11.8 Å². The van der Waals surface area contributed by atoms with Gasteiger partial charge in [0.25, 0.3) is 0 Å². The molecule has 0 unspecified atom stereocenters. The van der Waals surface area contributed by atoms with Gasteiger partial charge < -0.3 is 57.4 Å². The zero-order chi connectivity index (χ0) is 32.5. The number of cyclic esters (lactones) is 1. The third kappa shape index (κ3) is 5.37. The number of esters is 1. The Labute approximate surface area is 262 Å². The second kappa shape index (κ2) is 11.8. The number of methoxy groups -OCH3 is 2. The quantitative estimate of drug-likeness (QED) is 0.241. The van der Waals surface area contributed by atoms with E-state index in [1.165, 1.54) is 26.4 Å². The summed E-state index contributed by atoms with van der Waals surface area (Å²) in [5.41, 5.74) is 1.65. The van der Waals surface area contributed by atoms with Crippen LogP contribution in [0.15, 0.2) is 24.3 Å². The first-order valence-corrected chi connectivity index (χ1v) is 16.1. The molecular weight excluding hydrogens is 635 g/mol. The first-order chi connectivity index (χ1) is 22.0. The number of phosphoric acid groups is 1.